The molecule has 1 aromatic carbocycles. The van der Waals surface area contributed by atoms with E-state index in [2.05, 4.69) is 20.7 Å². The molecule has 0 heterocycles. The van der Waals surface area contributed by atoms with Crippen LogP contribution in [0.1, 0.15) is 83.9 Å². The smallest absolute Gasteiger partial charge is 0.469 e. The van der Waals surface area contributed by atoms with Gasteiger partial charge in [-0.3, -0.25) is 14.4 Å². The SMILES string of the molecule is COC(=O)CCCCCNC(=O)[C@@H](C)NC(=O)C(Cc1c(C)cc(OC(=O)OCC(C)C)cc1C)NC(=O)OC(C)(C)C. The molecule has 0 spiro atoms. The van der Waals surface area contributed by atoms with E-state index in [1.165, 1.54) is 7.11 Å². The minimum Gasteiger partial charge on any atom is -0.469 e. The molecule has 1 unspecified atom stereocenters. The Kier molecular flexibility index (Phi) is 15.5. The van der Waals surface area contributed by atoms with E-state index in [4.69, 9.17) is 14.2 Å². The number of carbonyl (C=O) groups is 5. The molecule has 0 saturated carbocycles. The molecule has 0 aromatic heterocycles. The molecule has 0 bridgehead atoms. The van der Waals surface area contributed by atoms with E-state index in [1.807, 2.05) is 13.8 Å². The van der Waals surface area contributed by atoms with Gasteiger partial charge in [-0.05, 0) is 89.1 Å². The normalized spacial score (nSPS) is 12.5. The summed E-state index contributed by atoms with van der Waals surface area (Å²) in [6.45, 7) is 14.7. The van der Waals surface area contributed by atoms with E-state index in [-0.39, 0.29) is 30.8 Å². The van der Waals surface area contributed by atoms with E-state index >= 15 is 0 Å². The van der Waals surface area contributed by atoms with Crippen molar-refractivity contribution in [2.75, 3.05) is 20.3 Å². The van der Waals surface area contributed by atoms with E-state index < -0.39 is 35.8 Å². The highest BCUT2D eigenvalue weighted by Gasteiger charge is 2.28. The quantitative estimate of drug-likeness (QED) is 0.115. The average Bonchev–Trinajstić information content (AvgIpc) is 2.89. The van der Waals surface area contributed by atoms with Crippen molar-refractivity contribution in [3.63, 3.8) is 0 Å². The molecule has 12 heteroatoms. The van der Waals surface area contributed by atoms with Crippen LogP contribution < -0.4 is 20.7 Å². The predicted octanol–water partition coefficient (Wildman–Crippen LogP) is 4.26. The van der Waals surface area contributed by atoms with Gasteiger partial charge in [0, 0.05) is 19.4 Å². The van der Waals surface area contributed by atoms with E-state index in [9.17, 15) is 24.0 Å². The molecule has 3 N–H and O–H groups in total. The number of hydrogen-bond acceptors (Lipinski definition) is 9. The summed E-state index contributed by atoms with van der Waals surface area (Å²) in [5.41, 5.74) is 1.43. The minimum absolute atomic E-state index is 0.0926. The molecule has 0 saturated heterocycles. The first-order chi connectivity index (χ1) is 20.0. The van der Waals surface area contributed by atoms with Gasteiger partial charge in [0.2, 0.25) is 11.8 Å². The Balaban J connectivity index is 2.94. The van der Waals surface area contributed by atoms with E-state index in [0.717, 1.165) is 23.1 Å². The number of aryl methyl sites for hydroxylation is 2. The lowest BCUT2D eigenvalue weighted by Gasteiger charge is -2.25. The molecular formula is C31H49N3O9. The zero-order valence-electron chi connectivity index (χ0n) is 27.0. The highest BCUT2D eigenvalue weighted by molar-refractivity contribution is 5.91. The van der Waals surface area contributed by atoms with Crippen molar-refractivity contribution in [3.8, 4) is 5.75 Å². The van der Waals surface area contributed by atoms with Gasteiger partial charge >= 0.3 is 18.2 Å². The van der Waals surface area contributed by atoms with Gasteiger partial charge in [0.15, 0.2) is 0 Å². The summed E-state index contributed by atoms with van der Waals surface area (Å²) in [6.07, 6.45) is 0.885. The Morgan fingerprint density at radius 1 is 0.884 bits per heavy atom. The number of rotatable bonds is 15. The zero-order chi connectivity index (χ0) is 32.7. The number of methoxy groups -OCH3 is 1. The topological polar surface area (TPSA) is 158 Å². The van der Waals surface area contributed by atoms with Crippen LogP contribution in [0.5, 0.6) is 5.75 Å². The number of unbranched alkanes of at least 4 members (excludes halogenated alkanes) is 2. The first-order valence-electron chi connectivity index (χ1n) is 14.6. The number of carbonyl (C=O) groups excluding carboxylic acids is 5. The molecule has 12 nitrogen and oxygen atoms in total. The minimum atomic E-state index is -1.07. The van der Waals surface area contributed by atoms with Gasteiger partial charge in [-0.25, -0.2) is 9.59 Å². The fourth-order valence-corrected chi connectivity index (χ4v) is 3.98. The van der Waals surface area contributed by atoms with Gasteiger partial charge < -0.3 is 34.9 Å². The summed E-state index contributed by atoms with van der Waals surface area (Å²) < 4.78 is 20.4. The van der Waals surface area contributed by atoms with Gasteiger partial charge in [0.25, 0.3) is 0 Å². The number of ether oxygens (including phenoxy) is 4. The van der Waals surface area contributed by atoms with Crippen LogP contribution in [-0.2, 0) is 35.0 Å². The molecule has 1 aromatic rings. The van der Waals surface area contributed by atoms with Crippen LogP contribution in [-0.4, -0.2) is 68.0 Å². The molecule has 0 aliphatic carbocycles. The van der Waals surface area contributed by atoms with Crippen LogP contribution in [0.4, 0.5) is 9.59 Å². The van der Waals surface area contributed by atoms with Gasteiger partial charge in [-0.1, -0.05) is 20.3 Å². The van der Waals surface area contributed by atoms with Crippen molar-refractivity contribution < 1.29 is 42.9 Å². The Labute approximate surface area is 254 Å². The Hall–Kier alpha value is -3.83. The molecular weight excluding hydrogens is 558 g/mol. The maximum absolute atomic E-state index is 13.3. The Morgan fingerprint density at radius 2 is 1.51 bits per heavy atom. The first-order valence-corrected chi connectivity index (χ1v) is 14.6. The highest BCUT2D eigenvalue weighted by atomic mass is 16.7. The summed E-state index contributed by atoms with van der Waals surface area (Å²) in [5, 5.41) is 8.07. The third-order valence-corrected chi connectivity index (χ3v) is 6.16. The van der Waals surface area contributed by atoms with Gasteiger partial charge in [-0.2, -0.15) is 0 Å². The molecule has 0 aliphatic heterocycles. The zero-order valence-corrected chi connectivity index (χ0v) is 27.0. The number of alkyl carbamates (subject to hydrolysis) is 1. The van der Waals surface area contributed by atoms with Crippen molar-refractivity contribution in [1.29, 1.82) is 0 Å². The summed E-state index contributed by atoms with van der Waals surface area (Å²) in [7, 11) is 1.34. The molecule has 0 radical (unpaired) electrons. The second-order valence-electron chi connectivity index (χ2n) is 11.9. The highest BCUT2D eigenvalue weighted by Crippen LogP contribution is 2.24. The lowest BCUT2D eigenvalue weighted by Crippen LogP contribution is -2.54. The van der Waals surface area contributed by atoms with Crippen LogP contribution in [0.3, 0.4) is 0 Å². The van der Waals surface area contributed by atoms with Crippen LogP contribution in [0.25, 0.3) is 0 Å². The summed E-state index contributed by atoms with van der Waals surface area (Å²) >= 11 is 0. The standard InChI is InChI=1S/C31H49N3O9/c1-19(2)18-41-30(39)42-23-15-20(3)24(21(4)16-23)17-25(34-29(38)43-31(6,7)8)28(37)33-22(5)27(36)32-14-12-10-11-13-26(35)40-9/h15-16,19,22,25H,10-14,17-18H2,1-9H3,(H,32,36)(H,33,37)(H,34,38)/t22-,25?/m1/s1. The molecule has 43 heavy (non-hydrogen) atoms. The van der Waals surface area contributed by atoms with E-state index in [1.54, 1.807) is 53.7 Å². The van der Waals surface area contributed by atoms with Crippen LogP contribution in [0, 0.1) is 19.8 Å². The van der Waals surface area contributed by atoms with Crippen molar-refractivity contribution in [2.45, 2.75) is 105 Å². The number of esters is 1. The maximum Gasteiger partial charge on any atom is 0.513 e. The van der Waals surface area contributed by atoms with Crippen molar-refractivity contribution >= 4 is 30.0 Å². The van der Waals surface area contributed by atoms with Crippen molar-refractivity contribution in [1.82, 2.24) is 16.0 Å². The lowest BCUT2D eigenvalue weighted by atomic mass is 9.95. The summed E-state index contributed by atoms with van der Waals surface area (Å²) in [5.74, 6) is -0.758. The molecule has 0 aliphatic rings. The van der Waals surface area contributed by atoms with Gasteiger partial charge in [0.1, 0.15) is 23.4 Å². The first kappa shape index (κ1) is 37.2. The third kappa shape index (κ3) is 15.3. The molecule has 0 fully saturated rings. The largest absolute Gasteiger partial charge is 0.513 e. The summed E-state index contributed by atoms with van der Waals surface area (Å²) in [4.78, 5) is 61.8. The number of benzene rings is 1. The second kappa shape index (κ2) is 18.0. The third-order valence-electron chi connectivity index (χ3n) is 6.16. The molecule has 2 atom stereocenters. The maximum atomic E-state index is 13.3. The van der Waals surface area contributed by atoms with Crippen molar-refractivity contribution in [3.05, 3.63) is 28.8 Å². The monoisotopic (exact) mass is 607 g/mol. The summed E-state index contributed by atoms with van der Waals surface area (Å²) in [6, 6.07) is 1.37. The fourth-order valence-electron chi connectivity index (χ4n) is 3.98. The molecule has 1 rings (SSSR count). The van der Waals surface area contributed by atoms with Gasteiger partial charge in [0.05, 0.1) is 13.7 Å². The van der Waals surface area contributed by atoms with Crippen LogP contribution >= 0.6 is 0 Å². The predicted molar refractivity (Wildman–Crippen MR) is 161 cm³/mol. The average molecular weight is 608 g/mol. The van der Waals surface area contributed by atoms with Gasteiger partial charge in [-0.15, -0.1) is 0 Å². The van der Waals surface area contributed by atoms with Crippen molar-refractivity contribution in [2.24, 2.45) is 5.92 Å². The number of hydrogen-bond donors (Lipinski definition) is 3. The Bertz CT molecular complexity index is 1090. The number of amides is 3. The fraction of sp³-hybridized carbons (Fsp3) is 0.645. The van der Waals surface area contributed by atoms with Crippen LogP contribution in [0.15, 0.2) is 12.1 Å². The second-order valence-corrected chi connectivity index (χ2v) is 11.9. The molecule has 242 valence electrons. The van der Waals surface area contributed by atoms with E-state index in [0.29, 0.717) is 31.6 Å². The molecule has 3 amide bonds. The number of nitrogens with one attached hydrogen (secondary N) is 3. The van der Waals surface area contributed by atoms with Crippen LogP contribution in [0.2, 0.25) is 0 Å². The Morgan fingerprint density at radius 3 is 2.07 bits per heavy atom. The lowest BCUT2D eigenvalue weighted by molar-refractivity contribution is -0.140.